The molecule has 7 nitrogen and oxygen atoms in total. The van der Waals surface area contributed by atoms with Gasteiger partial charge in [0.1, 0.15) is 0 Å². The molecule has 0 spiro atoms. The highest BCUT2D eigenvalue weighted by Gasteiger charge is 2.42. The second kappa shape index (κ2) is 7.82. The van der Waals surface area contributed by atoms with Crippen molar-refractivity contribution < 1.29 is 31.8 Å². The molecule has 1 atom stereocenters. The molecule has 0 heterocycles. The van der Waals surface area contributed by atoms with Crippen molar-refractivity contribution in [3.63, 3.8) is 0 Å². The third-order valence-corrected chi connectivity index (χ3v) is 8.78. The largest absolute Gasteiger partial charge is 0.512 e. The Morgan fingerprint density at radius 1 is 0.917 bits per heavy atom. The number of hydrogen-bond donors (Lipinski definition) is 0. The Morgan fingerprint density at radius 3 is 1.58 bits per heavy atom. The maximum absolute atomic E-state index is 12.9. The van der Waals surface area contributed by atoms with E-state index in [0.717, 1.165) is 0 Å². The minimum Gasteiger partial charge on any atom is -0.450 e. The van der Waals surface area contributed by atoms with E-state index in [4.69, 9.17) is 17.7 Å². The van der Waals surface area contributed by atoms with Gasteiger partial charge in [0, 0.05) is 0 Å². The molecule has 0 aromatic rings. The summed E-state index contributed by atoms with van der Waals surface area (Å²) in [7, 11) is -8.69. The number of rotatable bonds is 7. The van der Waals surface area contributed by atoms with Gasteiger partial charge in [-0.15, -0.1) is 0 Å². The van der Waals surface area contributed by atoms with Gasteiger partial charge in [-0.1, -0.05) is 0 Å². The normalized spacial score (nSPS) is 14.9. The first-order valence-electron chi connectivity index (χ1n) is 7.81. The number of esters is 1. The van der Waals surface area contributed by atoms with E-state index in [2.05, 4.69) is 0 Å². The minimum atomic E-state index is -4.07. The van der Waals surface area contributed by atoms with Crippen LogP contribution in [0.5, 0.6) is 0 Å². The summed E-state index contributed by atoms with van der Waals surface area (Å²) in [5.41, 5.74) is -0.762. The molecule has 142 valence electrons. The van der Waals surface area contributed by atoms with Gasteiger partial charge in [-0.05, 0) is 67.0 Å². The molecule has 0 unspecified atom stereocenters. The van der Waals surface area contributed by atoms with Crippen LogP contribution in [0.4, 0.5) is 0 Å². The number of hydrogen-bond acceptors (Lipinski definition) is 7. The average molecular weight is 399 g/mol. The fraction of sp³-hybridized carbons (Fsp3) is 0.857. The predicted octanol–water partition coefficient (Wildman–Crippen LogP) is 4.32. The molecule has 0 rings (SSSR count). The van der Waals surface area contributed by atoms with Crippen molar-refractivity contribution in [3.8, 4) is 0 Å². The standard InChI is InChI=1S/C14H31O7PSi2/c1-11(18-13(16)14(2,3)4)12(15)19-22(17,20-23(5,6)7)21-24(8,9)10/h11H,1-10H3/t11-/m0/s1. The first-order valence-corrected chi connectivity index (χ1v) is 16.1. The molecule has 0 radical (unpaired) electrons. The monoisotopic (exact) mass is 398 g/mol. The van der Waals surface area contributed by atoms with Crippen LogP contribution in [0.15, 0.2) is 0 Å². The Balaban J connectivity index is 5.18. The van der Waals surface area contributed by atoms with Crippen molar-refractivity contribution in [2.24, 2.45) is 5.41 Å². The summed E-state index contributed by atoms with van der Waals surface area (Å²) in [4.78, 5) is 24.0. The highest BCUT2D eigenvalue weighted by Crippen LogP contribution is 2.54. The van der Waals surface area contributed by atoms with Gasteiger partial charge in [0.2, 0.25) is 0 Å². The van der Waals surface area contributed by atoms with E-state index in [-0.39, 0.29) is 0 Å². The van der Waals surface area contributed by atoms with Crippen LogP contribution in [-0.4, -0.2) is 34.7 Å². The molecule has 0 bridgehead atoms. The van der Waals surface area contributed by atoms with E-state index < -0.39 is 47.9 Å². The fourth-order valence-electron chi connectivity index (χ4n) is 1.30. The van der Waals surface area contributed by atoms with E-state index in [9.17, 15) is 14.2 Å². The van der Waals surface area contributed by atoms with Gasteiger partial charge in [-0.25, -0.2) is 9.36 Å². The lowest BCUT2D eigenvalue weighted by molar-refractivity contribution is -0.167. The summed E-state index contributed by atoms with van der Waals surface area (Å²) in [5, 5.41) is 0. The molecular formula is C14H31O7PSi2. The number of carbonyl (C=O) groups excluding carboxylic acids is 2. The summed E-state index contributed by atoms with van der Waals surface area (Å²) < 4.78 is 34.0. The Kier molecular flexibility index (Phi) is 7.67. The zero-order chi connectivity index (χ0) is 19.6. The van der Waals surface area contributed by atoms with Crippen LogP contribution in [0.3, 0.4) is 0 Å². The lowest BCUT2D eigenvalue weighted by Crippen LogP contribution is -2.34. The Morgan fingerprint density at radius 2 is 1.29 bits per heavy atom. The fourth-order valence-corrected chi connectivity index (χ4v) is 7.81. The van der Waals surface area contributed by atoms with Crippen LogP contribution in [0.25, 0.3) is 0 Å². The van der Waals surface area contributed by atoms with Crippen molar-refractivity contribution in [3.05, 3.63) is 0 Å². The summed E-state index contributed by atoms with van der Waals surface area (Å²) in [6.45, 7) is 17.2. The summed E-state index contributed by atoms with van der Waals surface area (Å²) in [6, 6.07) is 0. The van der Waals surface area contributed by atoms with Crippen LogP contribution < -0.4 is 0 Å². The highest BCUT2D eigenvalue weighted by molar-refractivity contribution is 7.52. The van der Waals surface area contributed by atoms with E-state index >= 15 is 0 Å². The minimum absolute atomic E-state index is 0.556. The van der Waals surface area contributed by atoms with Crippen LogP contribution >= 0.6 is 7.82 Å². The topological polar surface area (TPSA) is 88.1 Å². The van der Waals surface area contributed by atoms with Gasteiger partial charge in [0.25, 0.3) is 0 Å². The van der Waals surface area contributed by atoms with E-state index in [1.54, 1.807) is 20.8 Å². The molecule has 0 fully saturated rings. The SMILES string of the molecule is C[C@H](OC(=O)C(C)(C)C)C(=O)OP(=O)(O[Si](C)(C)C)O[Si](C)(C)C. The molecule has 0 aliphatic rings. The lowest BCUT2D eigenvalue weighted by Gasteiger charge is -2.30. The van der Waals surface area contributed by atoms with Crippen LogP contribution in [-0.2, 0) is 31.8 Å². The third-order valence-electron chi connectivity index (χ3n) is 2.20. The molecule has 0 saturated carbocycles. The molecular weight excluding hydrogens is 367 g/mol. The quantitative estimate of drug-likeness (QED) is 0.358. The molecule has 24 heavy (non-hydrogen) atoms. The number of phosphoric acid groups is 1. The molecule has 0 aliphatic carbocycles. The Bertz CT molecular complexity index is 495. The number of ether oxygens (including phenoxy) is 1. The summed E-state index contributed by atoms with van der Waals surface area (Å²) >= 11 is 0. The predicted molar refractivity (Wildman–Crippen MR) is 97.6 cm³/mol. The zero-order valence-electron chi connectivity index (χ0n) is 16.4. The molecule has 0 aromatic carbocycles. The Labute approximate surface area is 147 Å². The van der Waals surface area contributed by atoms with Crippen molar-refractivity contribution in [2.45, 2.75) is 73.1 Å². The lowest BCUT2D eigenvalue weighted by atomic mass is 9.97. The summed E-state index contributed by atoms with van der Waals surface area (Å²) in [6.07, 6.45) is -1.21. The third kappa shape index (κ3) is 9.73. The van der Waals surface area contributed by atoms with Gasteiger partial charge in [-0.2, -0.15) is 0 Å². The first-order chi connectivity index (χ1) is 10.3. The van der Waals surface area contributed by atoms with Crippen molar-refractivity contribution >= 4 is 36.4 Å². The second-order valence-electron chi connectivity index (χ2n) is 8.56. The highest BCUT2D eigenvalue weighted by atomic mass is 31.2. The van der Waals surface area contributed by atoms with E-state index in [1.807, 2.05) is 39.3 Å². The second-order valence-corrected chi connectivity index (χ2v) is 19.5. The first kappa shape index (κ1) is 23.5. The smallest absolute Gasteiger partial charge is 0.450 e. The van der Waals surface area contributed by atoms with Gasteiger partial charge < -0.3 is 17.7 Å². The zero-order valence-corrected chi connectivity index (χ0v) is 19.3. The molecule has 0 aliphatic heterocycles. The Hall–Kier alpha value is -0.476. The van der Waals surface area contributed by atoms with Gasteiger partial charge in [0.15, 0.2) is 22.7 Å². The molecule has 0 amide bonds. The van der Waals surface area contributed by atoms with Crippen LogP contribution in [0, 0.1) is 5.41 Å². The maximum Gasteiger partial charge on any atom is 0.512 e. The van der Waals surface area contributed by atoms with Crippen LogP contribution in [0.1, 0.15) is 27.7 Å². The van der Waals surface area contributed by atoms with Gasteiger partial charge in [0.05, 0.1) is 5.41 Å². The summed E-state index contributed by atoms with van der Waals surface area (Å²) in [5.74, 6) is -1.51. The molecule has 0 aromatic heterocycles. The van der Waals surface area contributed by atoms with Crippen molar-refractivity contribution in [2.75, 3.05) is 0 Å². The van der Waals surface area contributed by atoms with Gasteiger partial charge >= 0.3 is 19.8 Å². The van der Waals surface area contributed by atoms with Gasteiger partial charge in [-0.3, -0.25) is 4.79 Å². The number of carbonyl (C=O) groups is 2. The van der Waals surface area contributed by atoms with E-state index in [0.29, 0.717) is 0 Å². The van der Waals surface area contributed by atoms with E-state index in [1.165, 1.54) is 6.92 Å². The molecule has 0 N–H and O–H groups in total. The average Bonchev–Trinajstić information content (AvgIpc) is 2.20. The van der Waals surface area contributed by atoms with Crippen molar-refractivity contribution in [1.82, 2.24) is 0 Å². The van der Waals surface area contributed by atoms with Crippen LogP contribution in [0.2, 0.25) is 39.3 Å². The molecule has 0 saturated heterocycles. The maximum atomic E-state index is 12.9. The molecule has 10 heteroatoms. The van der Waals surface area contributed by atoms with Crippen molar-refractivity contribution in [1.29, 1.82) is 0 Å².